The summed E-state index contributed by atoms with van der Waals surface area (Å²) in [4.78, 5) is 24.8. The minimum absolute atomic E-state index is 0.202. The second-order valence-electron chi connectivity index (χ2n) is 3.72. The van der Waals surface area contributed by atoms with E-state index in [0.717, 1.165) is 13.1 Å². The van der Waals surface area contributed by atoms with Gasteiger partial charge in [-0.1, -0.05) is 5.16 Å². The number of nitrogens with zero attached hydrogens (tertiary/aromatic N) is 2. The third-order valence-electron chi connectivity index (χ3n) is 2.52. The average molecular weight is 238 g/mol. The lowest BCUT2D eigenvalue weighted by molar-refractivity contribution is -0.146. The van der Waals surface area contributed by atoms with E-state index >= 15 is 0 Å². The smallest absolute Gasteiger partial charge is 0.311 e. The Morgan fingerprint density at radius 3 is 2.88 bits per heavy atom. The lowest BCUT2D eigenvalue weighted by Crippen LogP contribution is -2.51. The Balaban J connectivity index is 1.80. The van der Waals surface area contributed by atoms with Gasteiger partial charge in [-0.2, -0.15) is 0 Å². The van der Waals surface area contributed by atoms with Gasteiger partial charge in [0.25, 0.3) is 0 Å². The molecule has 2 amide bonds. The second kappa shape index (κ2) is 5.44. The molecule has 1 aliphatic heterocycles. The Morgan fingerprint density at radius 1 is 1.47 bits per heavy atom. The fraction of sp³-hybridized carbons (Fsp3) is 0.500. The van der Waals surface area contributed by atoms with Crippen molar-refractivity contribution in [3.8, 4) is 0 Å². The van der Waals surface area contributed by atoms with E-state index in [1.807, 2.05) is 0 Å². The molecule has 2 rings (SSSR count). The van der Waals surface area contributed by atoms with Crippen LogP contribution >= 0.6 is 0 Å². The summed E-state index contributed by atoms with van der Waals surface area (Å²) in [7, 11) is 0. The Kier molecular flexibility index (Phi) is 3.71. The summed E-state index contributed by atoms with van der Waals surface area (Å²) in [5, 5.41) is 9.26. The molecule has 2 heterocycles. The van der Waals surface area contributed by atoms with Crippen molar-refractivity contribution in [2.75, 3.05) is 26.2 Å². The molecule has 7 heteroatoms. The fourth-order valence-corrected chi connectivity index (χ4v) is 1.59. The van der Waals surface area contributed by atoms with Crippen LogP contribution in [0.3, 0.4) is 0 Å². The zero-order chi connectivity index (χ0) is 12.1. The van der Waals surface area contributed by atoms with Gasteiger partial charge in [-0.15, -0.1) is 0 Å². The quantitative estimate of drug-likeness (QED) is 0.627. The first-order valence-electron chi connectivity index (χ1n) is 5.44. The van der Waals surface area contributed by atoms with E-state index < -0.39 is 11.8 Å². The molecule has 1 saturated heterocycles. The normalized spacial score (nSPS) is 15.6. The largest absolute Gasteiger partial charge is 0.364 e. The van der Waals surface area contributed by atoms with E-state index in [9.17, 15) is 9.59 Å². The van der Waals surface area contributed by atoms with Gasteiger partial charge < -0.3 is 20.1 Å². The molecule has 1 aliphatic rings. The summed E-state index contributed by atoms with van der Waals surface area (Å²) in [6, 6.07) is 1.63. The van der Waals surface area contributed by atoms with Crippen LogP contribution in [-0.2, 0) is 16.1 Å². The Labute approximate surface area is 98.1 Å². The highest BCUT2D eigenvalue weighted by atomic mass is 16.5. The minimum Gasteiger partial charge on any atom is -0.364 e. The molecule has 0 spiro atoms. The molecule has 1 aromatic heterocycles. The molecule has 7 nitrogen and oxygen atoms in total. The average Bonchev–Trinajstić information content (AvgIpc) is 2.89. The molecular formula is C10H14N4O3. The summed E-state index contributed by atoms with van der Waals surface area (Å²) in [5.41, 5.74) is 0.589. The molecule has 0 radical (unpaired) electrons. The van der Waals surface area contributed by atoms with E-state index in [-0.39, 0.29) is 6.54 Å². The number of piperazine rings is 1. The summed E-state index contributed by atoms with van der Waals surface area (Å²) >= 11 is 0. The molecule has 0 atom stereocenters. The number of hydrogen-bond donors (Lipinski definition) is 2. The van der Waals surface area contributed by atoms with Crippen molar-refractivity contribution >= 4 is 11.8 Å². The van der Waals surface area contributed by atoms with E-state index in [4.69, 9.17) is 0 Å². The van der Waals surface area contributed by atoms with Gasteiger partial charge in [0, 0.05) is 32.2 Å². The molecule has 1 fully saturated rings. The van der Waals surface area contributed by atoms with Gasteiger partial charge in [0.1, 0.15) is 12.0 Å². The number of nitrogens with one attached hydrogen (secondary N) is 2. The Morgan fingerprint density at radius 2 is 2.24 bits per heavy atom. The first-order chi connectivity index (χ1) is 8.27. The Bertz CT molecular complexity index is 384. The van der Waals surface area contributed by atoms with Gasteiger partial charge in [0.2, 0.25) is 0 Å². The monoisotopic (exact) mass is 238 g/mol. The van der Waals surface area contributed by atoms with Crippen molar-refractivity contribution < 1.29 is 14.1 Å². The Hall–Kier alpha value is -1.89. The van der Waals surface area contributed by atoms with Crippen LogP contribution in [-0.4, -0.2) is 48.0 Å². The minimum atomic E-state index is -0.602. The highest BCUT2D eigenvalue weighted by Crippen LogP contribution is 1.96. The predicted octanol–water partition coefficient (Wildman–Crippen LogP) is -1.28. The van der Waals surface area contributed by atoms with Crippen molar-refractivity contribution in [3.63, 3.8) is 0 Å². The van der Waals surface area contributed by atoms with Crippen LogP contribution in [0.2, 0.25) is 0 Å². The number of rotatable bonds is 2. The summed E-state index contributed by atoms with van der Waals surface area (Å²) in [5.74, 6) is -1.09. The maximum Gasteiger partial charge on any atom is 0.311 e. The number of carbonyl (C=O) groups excluding carboxylic acids is 2. The van der Waals surface area contributed by atoms with Crippen molar-refractivity contribution in [1.82, 2.24) is 20.7 Å². The van der Waals surface area contributed by atoms with Gasteiger partial charge in [-0.25, -0.2) is 0 Å². The predicted molar refractivity (Wildman–Crippen MR) is 57.8 cm³/mol. The lowest BCUT2D eigenvalue weighted by atomic mass is 10.3. The summed E-state index contributed by atoms with van der Waals surface area (Å²) in [6.07, 6.45) is 1.42. The van der Waals surface area contributed by atoms with Gasteiger partial charge in [0.05, 0.1) is 6.54 Å². The fourth-order valence-electron chi connectivity index (χ4n) is 1.59. The van der Waals surface area contributed by atoms with Gasteiger partial charge in [-0.3, -0.25) is 9.59 Å². The molecule has 0 bridgehead atoms. The molecule has 0 unspecified atom stereocenters. The van der Waals surface area contributed by atoms with Crippen LogP contribution in [0.15, 0.2) is 16.9 Å². The number of aromatic nitrogens is 1. The van der Waals surface area contributed by atoms with E-state index in [2.05, 4.69) is 20.3 Å². The topological polar surface area (TPSA) is 87.5 Å². The third-order valence-corrected chi connectivity index (χ3v) is 2.52. The highest BCUT2D eigenvalue weighted by Gasteiger charge is 2.22. The van der Waals surface area contributed by atoms with Crippen molar-refractivity contribution in [1.29, 1.82) is 0 Å². The van der Waals surface area contributed by atoms with Crippen LogP contribution in [0.1, 0.15) is 5.69 Å². The third kappa shape index (κ3) is 3.04. The number of amides is 2. The van der Waals surface area contributed by atoms with Crippen molar-refractivity contribution in [3.05, 3.63) is 18.0 Å². The summed E-state index contributed by atoms with van der Waals surface area (Å²) < 4.78 is 4.62. The van der Waals surface area contributed by atoms with Crippen LogP contribution in [0, 0.1) is 0 Å². The highest BCUT2D eigenvalue weighted by molar-refractivity contribution is 6.34. The second-order valence-corrected chi connectivity index (χ2v) is 3.72. The first-order valence-corrected chi connectivity index (χ1v) is 5.44. The maximum atomic E-state index is 11.7. The van der Waals surface area contributed by atoms with Crippen LogP contribution in [0.25, 0.3) is 0 Å². The molecule has 0 saturated carbocycles. The van der Waals surface area contributed by atoms with Gasteiger partial charge in [-0.05, 0) is 0 Å². The van der Waals surface area contributed by atoms with Crippen LogP contribution in [0.4, 0.5) is 0 Å². The number of carbonyl (C=O) groups is 2. The first kappa shape index (κ1) is 11.6. The molecule has 1 aromatic rings. The standard InChI is InChI=1S/C10H14N4O3/c15-9(12-7-8-1-6-17-13-8)10(16)14-4-2-11-3-5-14/h1,6,11H,2-5,7H2,(H,12,15). The van der Waals surface area contributed by atoms with E-state index in [0.29, 0.717) is 18.8 Å². The molecular weight excluding hydrogens is 224 g/mol. The maximum absolute atomic E-state index is 11.7. The molecule has 17 heavy (non-hydrogen) atoms. The van der Waals surface area contributed by atoms with Crippen LogP contribution < -0.4 is 10.6 Å². The summed E-state index contributed by atoms with van der Waals surface area (Å²) in [6.45, 7) is 2.78. The van der Waals surface area contributed by atoms with E-state index in [1.54, 1.807) is 6.07 Å². The molecule has 2 N–H and O–H groups in total. The number of hydrogen-bond acceptors (Lipinski definition) is 5. The van der Waals surface area contributed by atoms with Gasteiger partial charge in [0.15, 0.2) is 0 Å². The lowest BCUT2D eigenvalue weighted by Gasteiger charge is -2.26. The van der Waals surface area contributed by atoms with Crippen molar-refractivity contribution in [2.45, 2.75) is 6.54 Å². The van der Waals surface area contributed by atoms with Crippen LogP contribution in [0.5, 0.6) is 0 Å². The zero-order valence-electron chi connectivity index (χ0n) is 9.31. The van der Waals surface area contributed by atoms with E-state index in [1.165, 1.54) is 11.2 Å². The molecule has 92 valence electrons. The molecule has 0 aromatic carbocycles. The zero-order valence-corrected chi connectivity index (χ0v) is 9.31. The molecule has 0 aliphatic carbocycles. The van der Waals surface area contributed by atoms with Gasteiger partial charge >= 0.3 is 11.8 Å². The SMILES string of the molecule is O=C(NCc1ccon1)C(=O)N1CCNCC1. The van der Waals surface area contributed by atoms with Crippen molar-refractivity contribution in [2.24, 2.45) is 0 Å².